The number of rotatable bonds is 2. The highest BCUT2D eigenvalue weighted by Gasteiger charge is 2.29. The van der Waals surface area contributed by atoms with E-state index in [4.69, 9.17) is 0 Å². The van der Waals surface area contributed by atoms with Gasteiger partial charge in [-0.05, 0) is 32.8 Å². The van der Waals surface area contributed by atoms with Gasteiger partial charge in [-0.2, -0.15) is 0 Å². The van der Waals surface area contributed by atoms with Gasteiger partial charge >= 0.3 is 6.98 Å². The Morgan fingerprint density at radius 3 is 2.50 bits per heavy atom. The molecule has 1 saturated heterocycles. The van der Waals surface area contributed by atoms with Crippen molar-refractivity contribution in [3.8, 4) is 0 Å². The summed E-state index contributed by atoms with van der Waals surface area (Å²) in [7, 11) is 0. The van der Waals surface area contributed by atoms with Crippen LogP contribution in [0.3, 0.4) is 0 Å². The fourth-order valence-corrected chi connectivity index (χ4v) is 1.69. The van der Waals surface area contributed by atoms with Crippen molar-refractivity contribution in [2.75, 3.05) is 13.0 Å². The van der Waals surface area contributed by atoms with E-state index in [-0.39, 0.29) is 6.04 Å². The fourth-order valence-electron chi connectivity index (χ4n) is 1.69. The number of halogens is 3. The molecular formula is C7H14BF3N-. The van der Waals surface area contributed by atoms with E-state index < -0.39 is 13.4 Å². The summed E-state index contributed by atoms with van der Waals surface area (Å²) in [4.78, 5) is 1.55. The third-order valence-corrected chi connectivity index (χ3v) is 2.38. The smallest absolute Gasteiger partial charge is 0.448 e. The minimum absolute atomic E-state index is 0.113. The van der Waals surface area contributed by atoms with E-state index in [1.165, 1.54) is 0 Å². The van der Waals surface area contributed by atoms with Crippen molar-refractivity contribution < 1.29 is 12.9 Å². The second-order valence-corrected chi connectivity index (χ2v) is 3.55. The van der Waals surface area contributed by atoms with Gasteiger partial charge in [0.2, 0.25) is 0 Å². The number of nitrogens with zero attached hydrogens (tertiary/aromatic N) is 1. The minimum Gasteiger partial charge on any atom is -0.448 e. The monoisotopic (exact) mass is 180 g/mol. The molecule has 1 unspecified atom stereocenters. The van der Waals surface area contributed by atoms with Gasteiger partial charge in [0.1, 0.15) is 0 Å². The Bertz CT molecular complexity index is 148. The van der Waals surface area contributed by atoms with Gasteiger partial charge in [-0.3, -0.25) is 0 Å². The van der Waals surface area contributed by atoms with E-state index in [9.17, 15) is 12.9 Å². The van der Waals surface area contributed by atoms with Crippen LogP contribution in [0.4, 0.5) is 12.9 Å². The zero-order valence-electron chi connectivity index (χ0n) is 7.27. The largest absolute Gasteiger partial charge is 0.492 e. The van der Waals surface area contributed by atoms with E-state index in [0.29, 0.717) is 6.54 Å². The maximum Gasteiger partial charge on any atom is 0.492 e. The van der Waals surface area contributed by atoms with Crippen molar-refractivity contribution in [1.29, 1.82) is 0 Å². The van der Waals surface area contributed by atoms with Crippen molar-refractivity contribution in [3.05, 3.63) is 0 Å². The molecule has 0 radical (unpaired) electrons. The summed E-state index contributed by atoms with van der Waals surface area (Å²) in [5.74, 6) is 0. The number of hydrogen-bond acceptors (Lipinski definition) is 1. The number of piperidine rings is 1. The Morgan fingerprint density at radius 1 is 1.33 bits per heavy atom. The van der Waals surface area contributed by atoms with Gasteiger partial charge in [-0.15, -0.1) is 0 Å². The molecule has 1 nitrogen and oxygen atoms in total. The standard InChI is InChI=1S/C7H14BF3N/c1-7-4-2-3-5-12(7)6-8(9,10)11/h7H,2-6H2,1H3/q-1. The Morgan fingerprint density at radius 2 is 2.00 bits per heavy atom. The van der Waals surface area contributed by atoms with Gasteiger partial charge in [0.05, 0.1) is 0 Å². The van der Waals surface area contributed by atoms with Crippen LogP contribution in [0.2, 0.25) is 0 Å². The number of hydrogen-bond donors (Lipinski definition) is 0. The van der Waals surface area contributed by atoms with Crippen molar-refractivity contribution >= 4 is 6.98 Å². The molecular weight excluding hydrogens is 166 g/mol. The van der Waals surface area contributed by atoms with Crippen LogP contribution >= 0.6 is 0 Å². The van der Waals surface area contributed by atoms with E-state index >= 15 is 0 Å². The van der Waals surface area contributed by atoms with E-state index in [1.54, 1.807) is 4.90 Å². The SMILES string of the molecule is CC1CCCCN1C[B-](F)(F)F. The quantitative estimate of drug-likeness (QED) is 0.589. The van der Waals surface area contributed by atoms with Crippen molar-refractivity contribution in [1.82, 2.24) is 4.90 Å². The predicted molar refractivity (Wildman–Crippen MR) is 44.0 cm³/mol. The molecule has 0 aromatic carbocycles. The van der Waals surface area contributed by atoms with Gasteiger partial charge in [-0.25, -0.2) is 0 Å². The highest BCUT2D eigenvalue weighted by atomic mass is 19.4. The van der Waals surface area contributed by atoms with Crippen LogP contribution in [0.15, 0.2) is 0 Å². The molecule has 72 valence electrons. The summed E-state index contributed by atoms with van der Waals surface area (Å²) in [6, 6.07) is 0.113. The zero-order valence-corrected chi connectivity index (χ0v) is 7.27. The van der Waals surface area contributed by atoms with Crippen LogP contribution in [0, 0.1) is 0 Å². The molecule has 1 heterocycles. The minimum atomic E-state index is -4.63. The lowest BCUT2D eigenvalue weighted by atomic mass is 9.88. The van der Waals surface area contributed by atoms with Crippen LogP contribution in [-0.4, -0.2) is 30.9 Å². The second-order valence-electron chi connectivity index (χ2n) is 3.55. The Balaban J connectivity index is 2.39. The molecule has 0 aliphatic carbocycles. The molecule has 12 heavy (non-hydrogen) atoms. The molecule has 1 atom stereocenters. The lowest BCUT2D eigenvalue weighted by Crippen LogP contribution is -2.45. The van der Waals surface area contributed by atoms with Crippen molar-refractivity contribution in [2.45, 2.75) is 32.2 Å². The molecule has 0 N–H and O–H groups in total. The Hall–Kier alpha value is -0.185. The molecule has 1 aliphatic rings. The molecule has 1 fully saturated rings. The molecule has 0 saturated carbocycles. The molecule has 0 amide bonds. The number of likely N-dealkylation sites (tertiary alicyclic amines) is 1. The summed E-state index contributed by atoms with van der Waals surface area (Å²) in [6.45, 7) is -2.14. The van der Waals surface area contributed by atoms with Crippen LogP contribution in [0.5, 0.6) is 0 Å². The first kappa shape index (κ1) is 9.90. The summed E-state index contributed by atoms with van der Waals surface area (Å²) in [5, 5.41) is 0. The van der Waals surface area contributed by atoms with Gasteiger partial charge in [-0.1, -0.05) is 6.42 Å². The lowest BCUT2D eigenvalue weighted by molar-refractivity contribution is 0.170. The first-order valence-corrected chi connectivity index (χ1v) is 4.44. The molecule has 1 rings (SSSR count). The van der Waals surface area contributed by atoms with Gasteiger partial charge in [0, 0.05) is 6.04 Å². The summed E-state index contributed by atoms with van der Waals surface area (Å²) >= 11 is 0. The second kappa shape index (κ2) is 3.68. The van der Waals surface area contributed by atoms with Crippen LogP contribution in [0.1, 0.15) is 26.2 Å². The Kier molecular flexibility index (Phi) is 3.04. The van der Waals surface area contributed by atoms with E-state index in [0.717, 1.165) is 19.3 Å². The Labute approximate surface area is 71.0 Å². The molecule has 0 bridgehead atoms. The highest BCUT2D eigenvalue weighted by molar-refractivity contribution is 6.58. The van der Waals surface area contributed by atoms with Gasteiger partial charge in [0.25, 0.3) is 0 Å². The molecule has 5 heteroatoms. The van der Waals surface area contributed by atoms with Crippen LogP contribution in [-0.2, 0) is 0 Å². The third kappa shape index (κ3) is 3.05. The first-order valence-electron chi connectivity index (χ1n) is 4.44. The third-order valence-electron chi connectivity index (χ3n) is 2.38. The average Bonchev–Trinajstić information content (AvgIpc) is 1.91. The summed E-state index contributed by atoms with van der Waals surface area (Å²) in [5.41, 5.74) is 0. The van der Waals surface area contributed by atoms with Crippen molar-refractivity contribution in [2.24, 2.45) is 0 Å². The maximum atomic E-state index is 12.0. The topological polar surface area (TPSA) is 3.24 Å². The highest BCUT2D eigenvalue weighted by Crippen LogP contribution is 2.20. The van der Waals surface area contributed by atoms with E-state index in [1.807, 2.05) is 6.92 Å². The van der Waals surface area contributed by atoms with Crippen molar-refractivity contribution in [3.63, 3.8) is 0 Å². The molecule has 0 aromatic heterocycles. The van der Waals surface area contributed by atoms with E-state index in [2.05, 4.69) is 0 Å². The van der Waals surface area contributed by atoms with Gasteiger partial charge in [0.15, 0.2) is 0 Å². The average molecular weight is 180 g/mol. The zero-order chi connectivity index (χ0) is 9.19. The summed E-state index contributed by atoms with van der Waals surface area (Å²) in [6.07, 6.45) is 2.21. The van der Waals surface area contributed by atoms with Crippen LogP contribution < -0.4 is 0 Å². The molecule has 0 spiro atoms. The maximum absolute atomic E-state index is 12.0. The molecule has 0 aromatic rings. The molecule has 1 aliphatic heterocycles. The summed E-state index contributed by atoms with van der Waals surface area (Å²) < 4.78 is 36.1. The first-order chi connectivity index (χ1) is 5.49. The van der Waals surface area contributed by atoms with Gasteiger partial charge < -0.3 is 17.8 Å². The predicted octanol–water partition coefficient (Wildman–Crippen LogP) is 2.25. The fraction of sp³-hybridized carbons (Fsp3) is 1.00. The van der Waals surface area contributed by atoms with Crippen LogP contribution in [0.25, 0.3) is 0 Å². The normalized spacial score (nSPS) is 27.5. The lowest BCUT2D eigenvalue weighted by Gasteiger charge is -2.36.